The fourth-order valence-electron chi connectivity index (χ4n) is 9.64. The van der Waals surface area contributed by atoms with Crippen LogP contribution in [0.1, 0.15) is 142 Å². The SMILES string of the molecule is CC1(C)C(/C=C/C=C2\N(CCCCCCCCCC(=O)O)c3ccc4ccccc4c3C2(C)C)=[N+](CCCCCCCCCC(=O)O)c2ccc3ccccc3c21.[Br-]. The van der Waals surface area contributed by atoms with Gasteiger partial charge in [-0.3, -0.25) is 9.59 Å². The molecule has 0 aromatic heterocycles. The molecule has 4 aromatic carbocycles. The Morgan fingerprint density at radius 1 is 0.603 bits per heavy atom. The molecule has 310 valence electrons. The van der Waals surface area contributed by atoms with E-state index in [1.165, 1.54) is 81.1 Å². The topological polar surface area (TPSA) is 80.9 Å². The second-order valence-electron chi connectivity index (χ2n) is 17.4. The summed E-state index contributed by atoms with van der Waals surface area (Å²) in [6, 6.07) is 26.9. The molecule has 0 radical (unpaired) electrons. The van der Waals surface area contributed by atoms with E-state index in [4.69, 9.17) is 10.2 Å². The van der Waals surface area contributed by atoms with E-state index in [-0.39, 0.29) is 40.7 Å². The number of aliphatic carboxylic acids is 2. The van der Waals surface area contributed by atoms with Crippen molar-refractivity contribution in [3.05, 3.63) is 108 Å². The minimum atomic E-state index is -0.692. The quantitative estimate of drug-likeness (QED) is 0.0608. The number of halogens is 1. The molecular weight excluding hydrogens is 784 g/mol. The maximum atomic E-state index is 10.9. The molecule has 2 aliphatic rings. The second kappa shape index (κ2) is 20.6. The van der Waals surface area contributed by atoms with Crippen molar-refractivity contribution in [2.24, 2.45) is 0 Å². The van der Waals surface area contributed by atoms with Crippen LogP contribution >= 0.6 is 0 Å². The van der Waals surface area contributed by atoms with E-state index in [0.717, 1.165) is 77.3 Å². The number of carbonyl (C=O) groups is 2. The Bertz CT molecular complexity index is 2150. The summed E-state index contributed by atoms with van der Waals surface area (Å²) in [4.78, 5) is 24.3. The van der Waals surface area contributed by atoms with Gasteiger partial charge >= 0.3 is 11.9 Å². The van der Waals surface area contributed by atoms with Crippen molar-refractivity contribution >= 4 is 50.6 Å². The molecule has 0 aliphatic carbocycles. The van der Waals surface area contributed by atoms with Crippen LogP contribution in [0.3, 0.4) is 0 Å². The Hall–Kier alpha value is -4.23. The number of rotatable bonds is 22. The molecule has 2 heterocycles. The Balaban J connectivity index is 0.00000641. The van der Waals surface area contributed by atoms with E-state index in [9.17, 15) is 9.59 Å². The van der Waals surface area contributed by atoms with E-state index in [0.29, 0.717) is 0 Å². The summed E-state index contributed by atoms with van der Waals surface area (Å²) in [6.45, 7) is 11.5. The van der Waals surface area contributed by atoms with Gasteiger partial charge in [-0.05, 0) is 84.8 Å². The lowest BCUT2D eigenvalue weighted by Crippen LogP contribution is -3.00. The van der Waals surface area contributed by atoms with Gasteiger partial charge in [0.1, 0.15) is 6.54 Å². The lowest BCUT2D eigenvalue weighted by molar-refractivity contribution is -0.438. The summed E-state index contributed by atoms with van der Waals surface area (Å²) in [7, 11) is 0. The largest absolute Gasteiger partial charge is 1.00 e. The Morgan fingerprint density at radius 2 is 1.10 bits per heavy atom. The van der Waals surface area contributed by atoms with E-state index >= 15 is 0 Å². The molecule has 4 aromatic rings. The van der Waals surface area contributed by atoms with Crippen molar-refractivity contribution in [1.82, 2.24) is 0 Å². The van der Waals surface area contributed by atoms with Crippen molar-refractivity contribution in [2.45, 2.75) is 141 Å². The number of carboxylic acids is 2. The molecule has 0 bridgehead atoms. The van der Waals surface area contributed by atoms with Crippen molar-refractivity contribution in [3.63, 3.8) is 0 Å². The standard InChI is InChI=1S/C51H64N2O4.BrH/c1-50(2)44(52(36-21-13-9-5-7-11-15-30-46(54)55)42-34-32-38-24-17-19-26-40(38)48(42)50)28-23-29-45-51(3,4)49-41-27-20-18-25-39(41)33-35-43(49)53(45)37-22-14-10-6-8-12-16-31-47(56)57;/h17-20,23-29,32-35H,5-16,21-22,30-31,36-37H2,1-4H3,(H-,54,55,56,57);1H. The number of benzene rings is 4. The first kappa shape index (κ1) is 44.9. The molecule has 0 saturated heterocycles. The maximum Gasteiger partial charge on any atom is 0.303 e. The highest BCUT2D eigenvalue weighted by Gasteiger charge is 2.45. The van der Waals surface area contributed by atoms with Gasteiger partial charge in [0.25, 0.3) is 0 Å². The molecule has 6 rings (SSSR count). The molecule has 2 N–H and O–H groups in total. The van der Waals surface area contributed by atoms with Gasteiger partial charge in [-0.1, -0.05) is 132 Å². The minimum absolute atomic E-state index is 0. The van der Waals surface area contributed by atoms with Gasteiger partial charge in [-0.25, -0.2) is 0 Å². The number of unbranched alkanes of at least 4 members (excludes halogenated alkanes) is 12. The van der Waals surface area contributed by atoms with E-state index in [1.54, 1.807) is 0 Å². The summed E-state index contributed by atoms with van der Waals surface area (Å²) in [5, 5.41) is 23.1. The van der Waals surface area contributed by atoms with Crippen molar-refractivity contribution in [3.8, 4) is 0 Å². The van der Waals surface area contributed by atoms with Crippen LogP contribution in [0.15, 0.2) is 96.7 Å². The van der Waals surface area contributed by atoms with Gasteiger partial charge < -0.3 is 32.1 Å². The molecular formula is C51H65BrN2O4. The highest BCUT2D eigenvalue weighted by molar-refractivity contribution is 6.07. The molecule has 0 atom stereocenters. The number of carboxylic acid groups (broad SMARTS) is 2. The van der Waals surface area contributed by atoms with Crippen molar-refractivity contribution in [2.75, 3.05) is 18.0 Å². The molecule has 0 amide bonds. The molecule has 58 heavy (non-hydrogen) atoms. The summed E-state index contributed by atoms with van der Waals surface area (Å²) in [5.74, 6) is -1.38. The van der Waals surface area contributed by atoms with Crippen LogP contribution in [-0.4, -0.2) is 45.5 Å². The molecule has 0 unspecified atom stereocenters. The van der Waals surface area contributed by atoms with Crippen LogP contribution in [0.5, 0.6) is 0 Å². The summed E-state index contributed by atoms with van der Waals surface area (Å²) in [5.41, 5.74) is 7.80. The summed E-state index contributed by atoms with van der Waals surface area (Å²) < 4.78 is 2.59. The van der Waals surface area contributed by atoms with Gasteiger partial charge in [0.2, 0.25) is 5.69 Å². The number of hydrogen-bond donors (Lipinski definition) is 2. The Kier molecular flexibility index (Phi) is 16.0. The normalized spacial score (nSPS) is 16.1. The third-order valence-electron chi connectivity index (χ3n) is 12.6. The van der Waals surface area contributed by atoms with Crippen LogP contribution in [-0.2, 0) is 20.4 Å². The van der Waals surface area contributed by atoms with Crippen LogP contribution in [0.25, 0.3) is 21.5 Å². The zero-order valence-corrected chi connectivity index (χ0v) is 37.0. The van der Waals surface area contributed by atoms with E-state index in [2.05, 4.69) is 128 Å². The van der Waals surface area contributed by atoms with Gasteiger partial charge in [-0.2, -0.15) is 4.58 Å². The third kappa shape index (κ3) is 10.3. The second-order valence-corrected chi connectivity index (χ2v) is 17.4. The van der Waals surface area contributed by atoms with Gasteiger partial charge in [0.05, 0.1) is 5.41 Å². The van der Waals surface area contributed by atoms with Crippen LogP contribution in [0.4, 0.5) is 11.4 Å². The number of allylic oxidation sites excluding steroid dienone is 4. The summed E-state index contributed by atoms with van der Waals surface area (Å²) >= 11 is 0. The number of hydrogen-bond acceptors (Lipinski definition) is 3. The van der Waals surface area contributed by atoms with Crippen LogP contribution < -0.4 is 21.9 Å². The highest BCUT2D eigenvalue weighted by atomic mass is 79.9. The monoisotopic (exact) mass is 848 g/mol. The first-order valence-corrected chi connectivity index (χ1v) is 21.8. The lowest BCUT2D eigenvalue weighted by Gasteiger charge is -2.27. The van der Waals surface area contributed by atoms with E-state index in [1.807, 2.05) is 0 Å². The third-order valence-corrected chi connectivity index (χ3v) is 12.6. The first-order valence-electron chi connectivity index (χ1n) is 21.8. The predicted octanol–water partition coefficient (Wildman–Crippen LogP) is 10.0. The first-order chi connectivity index (χ1) is 27.5. The molecule has 6 nitrogen and oxygen atoms in total. The number of fused-ring (bicyclic) bond motifs is 6. The molecule has 0 saturated carbocycles. The fourth-order valence-corrected chi connectivity index (χ4v) is 9.64. The molecule has 0 spiro atoms. The Morgan fingerprint density at radius 3 is 1.69 bits per heavy atom. The van der Waals surface area contributed by atoms with Gasteiger partial charge in [0, 0.05) is 60.3 Å². The zero-order valence-electron chi connectivity index (χ0n) is 35.4. The minimum Gasteiger partial charge on any atom is -1.00 e. The molecule has 0 fully saturated rings. The van der Waals surface area contributed by atoms with Gasteiger partial charge in [0.15, 0.2) is 5.71 Å². The van der Waals surface area contributed by atoms with Crippen LogP contribution in [0, 0.1) is 0 Å². The van der Waals surface area contributed by atoms with E-state index < -0.39 is 11.9 Å². The van der Waals surface area contributed by atoms with Crippen LogP contribution in [0.2, 0.25) is 0 Å². The average molecular weight is 850 g/mol. The lowest BCUT2D eigenvalue weighted by atomic mass is 9.79. The average Bonchev–Trinajstić information content (AvgIpc) is 3.54. The van der Waals surface area contributed by atoms with Gasteiger partial charge in [-0.15, -0.1) is 0 Å². The fraction of sp³-hybridized carbons (Fsp3) is 0.471. The maximum absolute atomic E-state index is 10.9. The molecule has 2 aliphatic heterocycles. The zero-order chi connectivity index (χ0) is 40.4. The Labute approximate surface area is 357 Å². The number of anilines is 1. The summed E-state index contributed by atoms with van der Waals surface area (Å²) in [6.07, 6.45) is 22.7. The molecule has 7 heteroatoms. The smallest absolute Gasteiger partial charge is 0.303 e. The van der Waals surface area contributed by atoms with Crippen molar-refractivity contribution in [1.29, 1.82) is 0 Å². The predicted molar refractivity (Wildman–Crippen MR) is 237 cm³/mol. The highest BCUT2D eigenvalue weighted by Crippen LogP contribution is 2.51. The number of nitrogens with zero attached hydrogens (tertiary/aromatic N) is 2. The van der Waals surface area contributed by atoms with Crippen molar-refractivity contribution < 1.29 is 41.4 Å².